The van der Waals surface area contributed by atoms with Crippen molar-refractivity contribution in [3.05, 3.63) is 137 Å². The summed E-state index contributed by atoms with van der Waals surface area (Å²) >= 11 is 0. The minimum Gasteiger partial charge on any atom is -0.226 e. The highest BCUT2D eigenvalue weighted by Gasteiger charge is 2.55. The van der Waals surface area contributed by atoms with E-state index in [9.17, 15) is 0 Å². The molecule has 0 saturated carbocycles. The second kappa shape index (κ2) is 10.8. The molecular formula is C31H32N2. The summed E-state index contributed by atoms with van der Waals surface area (Å²) in [5.41, 5.74) is 4.32. The van der Waals surface area contributed by atoms with Crippen LogP contribution < -0.4 is 0 Å². The maximum Gasteiger partial charge on any atom is 0.509 e. The Morgan fingerprint density at radius 3 is 2.24 bits per heavy atom. The van der Waals surface area contributed by atoms with Crippen molar-refractivity contribution in [2.24, 2.45) is 11.8 Å². The smallest absolute Gasteiger partial charge is 0.226 e. The van der Waals surface area contributed by atoms with Gasteiger partial charge in [0.05, 0.1) is 0 Å². The molecule has 0 spiro atoms. The Balaban J connectivity index is 2.26. The average Bonchev–Trinajstić information content (AvgIpc) is 2.84. The van der Waals surface area contributed by atoms with Crippen LogP contribution in [0.2, 0.25) is 0 Å². The van der Waals surface area contributed by atoms with E-state index in [1.54, 1.807) is 6.08 Å². The maximum absolute atomic E-state index is 8.07. The summed E-state index contributed by atoms with van der Waals surface area (Å²) in [4.78, 5) is 7.91. The topological polar surface area (TPSA) is 8.72 Å². The van der Waals surface area contributed by atoms with Crippen molar-refractivity contribution in [2.45, 2.75) is 44.7 Å². The molecular weight excluding hydrogens is 400 g/mol. The second-order valence-corrected chi connectivity index (χ2v) is 8.95. The molecule has 0 aromatic heterocycles. The third-order valence-electron chi connectivity index (χ3n) is 6.79. The molecule has 2 aromatic rings. The van der Waals surface area contributed by atoms with Crippen LogP contribution in [0.1, 0.15) is 50.2 Å². The van der Waals surface area contributed by atoms with Gasteiger partial charge in [-0.05, 0) is 43.7 Å². The first-order valence-corrected chi connectivity index (χ1v) is 11.5. The van der Waals surface area contributed by atoms with Crippen molar-refractivity contribution in [3.63, 3.8) is 0 Å². The number of allylic oxidation sites excluding steroid dienone is 3. The van der Waals surface area contributed by atoms with Crippen LogP contribution in [0.5, 0.6) is 0 Å². The first-order valence-electron chi connectivity index (χ1n) is 11.5. The monoisotopic (exact) mass is 432 g/mol. The van der Waals surface area contributed by atoms with Crippen LogP contribution >= 0.6 is 0 Å². The van der Waals surface area contributed by atoms with E-state index < -0.39 is 5.66 Å². The van der Waals surface area contributed by atoms with E-state index in [1.807, 2.05) is 24.3 Å². The van der Waals surface area contributed by atoms with Crippen LogP contribution in [0.25, 0.3) is 15.8 Å². The minimum absolute atomic E-state index is 0.0123. The first-order chi connectivity index (χ1) is 16.0. The molecule has 0 radical (unpaired) electrons. The fourth-order valence-electron chi connectivity index (χ4n) is 5.20. The number of rotatable bonds is 8. The summed E-state index contributed by atoms with van der Waals surface area (Å²) < 4.78 is 0. The molecule has 166 valence electrons. The molecule has 2 nitrogen and oxygen atoms in total. The Kier molecular flexibility index (Phi) is 7.87. The van der Waals surface area contributed by atoms with E-state index in [0.29, 0.717) is 6.42 Å². The highest BCUT2D eigenvalue weighted by atomic mass is 15.0. The quantitative estimate of drug-likeness (QED) is 0.292. The fraction of sp³-hybridized carbons (Fsp3) is 0.290. The Bertz CT molecular complexity index is 1110. The summed E-state index contributed by atoms with van der Waals surface area (Å²) in [5.74, 6) is 0.204. The lowest BCUT2D eigenvalue weighted by Gasteiger charge is -2.39. The molecule has 0 saturated heterocycles. The molecule has 1 aliphatic rings. The van der Waals surface area contributed by atoms with Gasteiger partial charge in [-0.25, -0.2) is 22.8 Å². The van der Waals surface area contributed by atoms with Crippen molar-refractivity contribution < 1.29 is 0 Å². The van der Waals surface area contributed by atoms with Crippen LogP contribution in [-0.4, -0.2) is 5.66 Å². The van der Waals surface area contributed by atoms with Crippen LogP contribution in [0.3, 0.4) is 0 Å². The molecule has 0 fully saturated rings. The van der Waals surface area contributed by atoms with Crippen LogP contribution in [-0.2, 0) is 0 Å². The maximum atomic E-state index is 8.07. The van der Waals surface area contributed by atoms with Crippen molar-refractivity contribution in [2.75, 3.05) is 0 Å². The van der Waals surface area contributed by atoms with Gasteiger partial charge in [0, 0.05) is 11.8 Å². The molecule has 2 heteroatoms. The largest absolute Gasteiger partial charge is 0.509 e. The summed E-state index contributed by atoms with van der Waals surface area (Å²) in [5, 5.41) is 0. The number of nitrogens with zero attached hydrogens (tertiary/aromatic N) is 2. The van der Waals surface area contributed by atoms with E-state index in [2.05, 4.69) is 85.2 Å². The molecule has 0 unspecified atom stereocenters. The van der Waals surface area contributed by atoms with Gasteiger partial charge in [-0.2, -0.15) is 0 Å². The molecule has 2 aromatic carbocycles. The van der Waals surface area contributed by atoms with E-state index >= 15 is 0 Å². The van der Waals surface area contributed by atoms with Gasteiger partial charge < -0.3 is 0 Å². The van der Waals surface area contributed by atoms with Gasteiger partial charge in [-0.1, -0.05) is 96.6 Å². The third kappa shape index (κ3) is 5.08. The summed E-state index contributed by atoms with van der Waals surface area (Å²) in [7, 11) is 0. The molecule has 0 aliphatic heterocycles. The molecule has 1 aliphatic carbocycles. The Hall–Kier alpha value is -3.62. The highest BCUT2D eigenvalue weighted by molar-refractivity contribution is 5.52. The van der Waals surface area contributed by atoms with Gasteiger partial charge in [0.15, 0.2) is 0 Å². The predicted octanol–water partition coefficient (Wildman–Crippen LogP) is 8.51. The molecule has 33 heavy (non-hydrogen) atoms. The van der Waals surface area contributed by atoms with E-state index in [1.165, 1.54) is 11.1 Å². The van der Waals surface area contributed by atoms with Crippen LogP contribution in [0.15, 0.2) is 103 Å². The molecule has 0 bridgehead atoms. The van der Waals surface area contributed by atoms with E-state index in [0.717, 1.165) is 29.6 Å². The summed E-state index contributed by atoms with van der Waals surface area (Å²) in [6.45, 7) is 28.6. The Morgan fingerprint density at radius 1 is 1.09 bits per heavy atom. The molecule has 3 rings (SSSR count). The van der Waals surface area contributed by atoms with E-state index in [4.69, 9.17) is 13.1 Å². The molecule has 0 heterocycles. The van der Waals surface area contributed by atoms with Gasteiger partial charge in [0.1, 0.15) is 12.0 Å². The second-order valence-electron chi connectivity index (χ2n) is 8.95. The lowest BCUT2D eigenvalue weighted by Crippen LogP contribution is -2.38. The zero-order valence-electron chi connectivity index (χ0n) is 19.7. The van der Waals surface area contributed by atoms with Gasteiger partial charge in [0.2, 0.25) is 0 Å². The molecule has 3 atom stereocenters. The lowest BCUT2D eigenvalue weighted by atomic mass is 9.62. The SMILES string of the molecule is [C-]#[N+]C(CC=C)([N+]#[C-])C1=C(C)CC[C@H](C(=C)C)[C@H]1[C@@H](/C=C/c1ccccc1)c1ccccc1. The third-order valence-corrected chi connectivity index (χ3v) is 6.79. The van der Waals surface area contributed by atoms with Gasteiger partial charge in [-0.15, -0.1) is 6.58 Å². The van der Waals surface area contributed by atoms with Gasteiger partial charge in [-0.3, -0.25) is 0 Å². The normalized spacial score (nSPS) is 19.5. The first kappa shape index (κ1) is 24.0. The predicted molar refractivity (Wildman–Crippen MR) is 139 cm³/mol. The Labute approximate surface area is 199 Å². The Morgan fingerprint density at radius 2 is 1.70 bits per heavy atom. The average molecular weight is 433 g/mol. The van der Waals surface area contributed by atoms with Crippen molar-refractivity contribution >= 4 is 6.08 Å². The van der Waals surface area contributed by atoms with E-state index in [-0.39, 0.29) is 17.8 Å². The molecule has 0 N–H and O–H groups in total. The number of hydrogen-bond acceptors (Lipinski definition) is 0. The van der Waals surface area contributed by atoms with Crippen LogP contribution in [0, 0.1) is 25.0 Å². The highest BCUT2D eigenvalue weighted by Crippen LogP contribution is 2.52. The zero-order valence-corrected chi connectivity index (χ0v) is 19.7. The number of hydrogen-bond donors (Lipinski definition) is 0. The van der Waals surface area contributed by atoms with Crippen molar-refractivity contribution in [1.82, 2.24) is 0 Å². The minimum atomic E-state index is -1.25. The standard InChI is InChI=1S/C31H32N2/c1-7-22-31(32-5,33-6)30-24(4)18-20-27(23(2)3)29(30)28(26-16-12-9-13-17-26)21-19-25-14-10-8-11-15-25/h7-17,19,21,27-29H,1-2,18,20,22H2,3-4H3/b21-19+/t27-,28+,29+/m1/s1. The van der Waals surface area contributed by atoms with Gasteiger partial charge in [0.25, 0.3) is 0 Å². The summed E-state index contributed by atoms with van der Waals surface area (Å²) in [6.07, 6.45) is 8.34. The van der Waals surface area contributed by atoms with Gasteiger partial charge >= 0.3 is 5.66 Å². The fourth-order valence-corrected chi connectivity index (χ4v) is 5.20. The van der Waals surface area contributed by atoms with Crippen LogP contribution in [0.4, 0.5) is 0 Å². The van der Waals surface area contributed by atoms with Crippen molar-refractivity contribution in [3.8, 4) is 0 Å². The van der Waals surface area contributed by atoms with Crippen molar-refractivity contribution in [1.29, 1.82) is 0 Å². The molecule has 0 amide bonds. The lowest BCUT2D eigenvalue weighted by molar-refractivity contribution is 0.328. The number of benzene rings is 2. The zero-order chi connectivity index (χ0) is 23.8. The summed E-state index contributed by atoms with van der Waals surface area (Å²) in [6, 6.07) is 20.8.